The molecule has 1 amide bonds. The minimum Gasteiger partial charge on any atom is -0.391 e. The summed E-state index contributed by atoms with van der Waals surface area (Å²) in [6.45, 7) is 10.9. The average molecular weight is 461 g/mol. The van der Waals surface area contributed by atoms with Crippen molar-refractivity contribution in [2.45, 2.75) is 104 Å². The Hall–Kier alpha value is -0.910. The van der Waals surface area contributed by atoms with Crippen molar-refractivity contribution in [3.05, 3.63) is 11.6 Å². The number of hydrogen-bond donors (Lipinski definition) is 3. The van der Waals surface area contributed by atoms with Crippen LogP contribution in [0.3, 0.4) is 0 Å². The lowest BCUT2D eigenvalue weighted by Gasteiger charge is -2.63. The molecule has 188 valence electrons. The number of fused-ring (bicyclic) bond motifs is 5. The molecule has 5 nitrogen and oxygen atoms in total. The standard InChI is InChI=1S/C28H48N2O3/c1-8-16(2)26(33)29-24-23(31)15-28(5)21-13-14-27(4)19(17(3)30(6)7)11-12-20(27)18(21)9-10-22(28)25(24)32/h8,17-25,31-32H,9-15H2,1-7H3,(H,29,33)/b16-8+/t17?,18?,19?,20?,21?,22?,23-,24-,25+,27?,28?/m0/s1. The Kier molecular flexibility index (Phi) is 6.83. The molecule has 4 aliphatic carbocycles. The topological polar surface area (TPSA) is 72.8 Å². The van der Waals surface area contributed by atoms with Crippen LogP contribution in [0.4, 0.5) is 0 Å². The Labute approximate surface area is 201 Å². The van der Waals surface area contributed by atoms with E-state index in [-0.39, 0.29) is 17.2 Å². The smallest absolute Gasteiger partial charge is 0.246 e. The number of carbonyl (C=O) groups is 1. The second-order valence-corrected chi connectivity index (χ2v) is 12.7. The third kappa shape index (κ3) is 3.90. The van der Waals surface area contributed by atoms with Crippen molar-refractivity contribution in [1.29, 1.82) is 0 Å². The number of nitrogens with zero attached hydrogens (tertiary/aromatic N) is 1. The van der Waals surface area contributed by atoms with Gasteiger partial charge in [-0.2, -0.15) is 0 Å². The van der Waals surface area contributed by atoms with E-state index in [9.17, 15) is 15.0 Å². The quantitative estimate of drug-likeness (QED) is 0.555. The highest BCUT2D eigenvalue weighted by molar-refractivity contribution is 5.92. The van der Waals surface area contributed by atoms with Crippen molar-refractivity contribution < 1.29 is 15.0 Å². The normalized spacial score (nSPS) is 48.6. The third-order valence-electron chi connectivity index (χ3n) is 11.3. The molecular weight excluding hydrogens is 412 g/mol. The molecule has 4 rings (SSSR count). The molecule has 0 bridgehead atoms. The van der Waals surface area contributed by atoms with Crippen molar-refractivity contribution in [2.24, 2.45) is 40.4 Å². The first-order chi connectivity index (χ1) is 15.5. The highest BCUT2D eigenvalue weighted by atomic mass is 16.3. The summed E-state index contributed by atoms with van der Waals surface area (Å²) in [5, 5.41) is 25.5. The Morgan fingerprint density at radius 1 is 1.03 bits per heavy atom. The number of carbonyl (C=O) groups excluding carboxylic acids is 1. The van der Waals surface area contributed by atoms with E-state index in [1.165, 1.54) is 32.1 Å². The van der Waals surface area contributed by atoms with Gasteiger partial charge in [-0.05, 0) is 120 Å². The van der Waals surface area contributed by atoms with Crippen molar-refractivity contribution in [1.82, 2.24) is 10.2 Å². The van der Waals surface area contributed by atoms with Gasteiger partial charge >= 0.3 is 0 Å². The third-order valence-corrected chi connectivity index (χ3v) is 11.3. The van der Waals surface area contributed by atoms with Crippen molar-refractivity contribution in [3.8, 4) is 0 Å². The predicted molar refractivity (Wildman–Crippen MR) is 133 cm³/mol. The Bertz CT molecular complexity index is 781. The van der Waals surface area contributed by atoms with Gasteiger partial charge in [0.15, 0.2) is 0 Å². The minimum absolute atomic E-state index is 0.0643. The molecule has 0 aromatic carbocycles. The van der Waals surface area contributed by atoms with Gasteiger partial charge in [-0.25, -0.2) is 0 Å². The second-order valence-electron chi connectivity index (χ2n) is 12.7. The van der Waals surface area contributed by atoms with Gasteiger partial charge in [-0.15, -0.1) is 0 Å². The fraction of sp³-hybridized carbons (Fsp3) is 0.893. The molecule has 0 aromatic heterocycles. The van der Waals surface area contributed by atoms with Crippen molar-refractivity contribution in [3.63, 3.8) is 0 Å². The summed E-state index contributed by atoms with van der Waals surface area (Å²) in [6.07, 6.45) is 8.36. The van der Waals surface area contributed by atoms with Crippen LogP contribution in [0.2, 0.25) is 0 Å². The summed E-state index contributed by atoms with van der Waals surface area (Å²) in [5.74, 6) is 2.71. The zero-order valence-corrected chi connectivity index (χ0v) is 22.0. The molecule has 5 heteroatoms. The molecule has 0 aromatic rings. The van der Waals surface area contributed by atoms with E-state index < -0.39 is 18.2 Å². The molecule has 3 N–H and O–H groups in total. The highest BCUT2D eigenvalue weighted by Crippen LogP contribution is 2.67. The molecule has 0 spiro atoms. The number of allylic oxidation sites excluding steroid dienone is 1. The van der Waals surface area contributed by atoms with Gasteiger partial charge in [-0.1, -0.05) is 19.9 Å². The molecule has 0 saturated heterocycles. The van der Waals surface area contributed by atoms with E-state index in [0.717, 1.165) is 18.3 Å². The first-order valence-corrected chi connectivity index (χ1v) is 13.4. The summed E-state index contributed by atoms with van der Waals surface area (Å²) in [6, 6.07) is 0.0273. The fourth-order valence-electron chi connectivity index (χ4n) is 9.18. The lowest BCUT2D eigenvalue weighted by atomic mass is 9.43. The largest absolute Gasteiger partial charge is 0.391 e. The van der Waals surface area contributed by atoms with E-state index >= 15 is 0 Å². The van der Waals surface area contributed by atoms with Crippen LogP contribution in [0.1, 0.15) is 79.6 Å². The molecule has 0 aliphatic heterocycles. The van der Waals surface area contributed by atoms with Gasteiger partial charge in [0, 0.05) is 11.6 Å². The second kappa shape index (κ2) is 8.95. The summed E-state index contributed by atoms with van der Waals surface area (Å²) in [5.41, 5.74) is 0.965. The minimum atomic E-state index is -0.702. The monoisotopic (exact) mass is 460 g/mol. The zero-order valence-electron chi connectivity index (χ0n) is 22.0. The van der Waals surface area contributed by atoms with Crippen LogP contribution in [0.15, 0.2) is 11.6 Å². The molecule has 0 heterocycles. The average Bonchev–Trinajstić information content (AvgIpc) is 3.12. The van der Waals surface area contributed by atoms with Gasteiger partial charge < -0.3 is 20.4 Å². The van der Waals surface area contributed by atoms with Crippen LogP contribution in [-0.2, 0) is 4.79 Å². The van der Waals surface area contributed by atoms with E-state index in [1.807, 2.05) is 6.92 Å². The molecule has 8 unspecified atom stereocenters. The van der Waals surface area contributed by atoms with E-state index in [1.54, 1.807) is 13.0 Å². The van der Waals surface area contributed by atoms with Crippen molar-refractivity contribution >= 4 is 5.91 Å². The fourth-order valence-corrected chi connectivity index (χ4v) is 9.18. The maximum Gasteiger partial charge on any atom is 0.246 e. The van der Waals surface area contributed by atoms with Crippen LogP contribution >= 0.6 is 0 Å². The van der Waals surface area contributed by atoms with Gasteiger partial charge in [0.2, 0.25) is 5.91 Å². The number of amides is 1. The molecule has 0 radical (unpaired) electrons. The summed E-state index contributed by atoms with van der Waals surface area (Å²) >= 11 is 0. The van der Waals surface area contributed by atoms with Gasteiger partial charge in [0.1, 0.15) is 0 Å². The summed E-state index contributed by atoms with van der Waals surface area (Å²) in [4.78, 5) is 14.9. The predicted octanol–water partition coefficient (Wildman–Crippen LogP) is 3.99. The van der Waals surface area contributed by atoms with Crippen LogP contribution in [-0.4, -0.2) is 59.4 Å². The first-order valence-electron chi connectivity index (χ1n) is 13.4. The lowest BCUT2D eigenvalue weighted by molar-refractivity contribution is -0.180. The number of nitrogens with one attached hydrogen (secondary N) is 1. The van der Waals surface area contributed by atoms with E-state index in [4.69, 9.17) is 0 Å². The lowest BCUT2D eigenvalue weighted by Crippen LogP contribution is -2.65. The number of rotatable bonds is 4. The van der Waals surface area contributed by atoms with Gasteiger partial charge in [-0.3, -0.25) is 4.79 Å². The SMILES string of the molecule is C/C=C(\C)C(=O)N[C@@H]1[C@H](O)C2CCC3C4CCC(C(C)N(C)C)C4(C)CCC3C2(C)C[C@@H]1O. The van der Waals surface area contributed by atoms with Crippen molar-refractivity contribution in [2.75, 3.05) is 14.1 Å². The molecule has 4 aliphatic rings. The van der Waals surface area contributed by atoms with E-state index in [2.05, 4.69) is 45.1 Å². The Morgan fingerprint density at radius 2 is 1.67 bits per heavy atom. The van der Waals surface area contributed by atoms with Gasteiger partial charge in [0.25, 0.3) is 0 Å². The molecule has 4 saturated carbocycles. The maximum absolute atomic E-state index is 12.5. The molecule has 11 atom stereocenters. The van der Waals surface area contributed by atoms with E-state index in [0.29, 0.717) is 35.3 Å². The van der Waals surface area contributed by atoms with Crippen LogP contribution < -0.4 is 5.32 Å². The summed E-state index contributed by atoms with van der Waals surface area (Å²) in [7, 11) is 4.44. The number of aliphatic hydroxyl groups excluding tert-OH is 2. The van der Waals surface area contributed by atoms with Gasteiger partial charge in [0.05, 0.1) is 18.2 Å². The molecule has 33 heavy (non-hydrogen) atoms. The van der Waals surface area contributed by atoms with Crippen LogP contribution in [0, 0.1) is 40.4 Å². The first kappa shape index (κ1) is 25.2. The molecule has 4 fully saturated rings. The Morgan fingerprint density at radius 3 is 2.30 bits per heavy atom. The van der Waals surface area contributed by atoms with Crippen LogP contribution in [0.5, 0.6) is 0 Å². The number of aliphatic hydroxyl groups is 2. The number of hydrogen-bond acceptors (Lipinski definition) is 4. The highest BCUT2D eigenvalue weighted by Gasteiger charge is 2.63. The molecular formula is C28H48N2O3. The Balaban J connectivity index is 1.55. The maximum atomic E-state index is 12.5. The zero-order chi connectivity index (χ0) is 24.3. The van der Waals surface area contributed by atoms with Crippen LogP contribution in [0.25, 0.3) is 0 Å². The summed E-state index contributed by atoms with van der Waals surface area (Å²) < 4.78 is 0.